The van der Waals surface area contributed by atoms with Gasteiger partial charge in [-0.2, -0.15) is 0 Å². The van der Waals surface area contributed by atoms with Gasteiger partial charge in [-0.25, -0.2) is 0 Å². The molecular weight excluding hydrogens is 290 g/mol. The number of amides is 1. The van der Waals surface area contributed by atoms with Crippen LogP contribution < -0.4 is 14.8 Å². The fourth-order valence-electron chi connectivity index (χ4n) is 2.07. The maximum absolute atomic E-state index is 12.0. The molecule has 1 N–H and O–H groups in total. The van der Waals surface area contributed by atoms with Gasteiger partial charge in [0.05, 0.1) is 6.54 Å². The van der Waals surface area contributed by atoms with Crippen LogP contribution in [0, 0.1) is 0 Å². The summed E-state index contributed by atoms with van der Waals surface area (Å²) in [5, 5.41) is 3.44. The van der Waals surface area contributed by atoms with Crippen molar-refractivity contribution in [2.24, 2.45) is 0 Å². The van der Waals surface area contributed by atoms with Crippen molar-refractivity contribution in [2.45, 2.75) is 6.10 Å². The van der Waals surface area contributed by atoms with E-state index in [1.807, 2.05) is 24.3 Å². The Balaban J connectivity index is 1.56. The number of carbonyl (C=O) groups excluding carboxylic acids is 1. The summed E-state index contributed by atoms with van der Waals surface area (Å²) in [6.07, 6.45) is -0.198. The zero-order valence-electron chi connectivity index (χ0n) is 11.2. The van der Waals surface area contributed by atoms with Gasteiger partial charge in [0, 0.05) is 10.6 Å². The molecular formula is C16H14ClNO3. The number of ether oxygens (including phenoxy) is 2. The number of fused-ring (bicyclic) bond motifs is 1. The highest BCUT2D eigenvalue weighted by molar-refractivity contribution is 6.30. The Morgan fingerprint density at radius 2 is 1.86 bits per heavy atom. The molecule has 0 aromatic heterocycles. The van der Waals surface area contributed by atoms with Gasteiger partial charge in [0.25, 0.3) is 5.91 Å². The van der Waals surface area contributed by atoms with Crippen LogP contribution in [0.15, 0.2) is 48.5 Å². The van der Waals surface area contributed by atoms with E-state index in [9.17, 15) is 4.79 Å². The molecule has 0 fully saturated rings. The fourth-order valence-corrected chi connectivity index (χ4v) is 2.20. The summed E-state index contributed by atoms with van der Waals surface area (Å²) >= 11 is 5.79. The van der Waals surface area contributed by atoms with Gasteiger partial charge < -0.3 is 14.8 Å². The lowest BCUT2D eigenvalue weighted by molar-refractivity contribution is 0.0789. The van der Waals surface area contributed by atoms with Gasteiger partial charge >= 0.3 is 0 Å². The minimum absolute atomic E-state index is 0.158. The third-order valence-electron chi connectivity index (χ3n) is 3.16. The number of rotatable bonds is 3. The van der Waals surface area contributed by atoms with Crippen LogP contribution in [0.3, 0.4) is 0 Å². The molecule has 0 bridgehead atoms. The lowest BCUT2D eigenvalue weighted by Crippen LogP contribution is -2.40. The van der Waals surface area contributed by atoms with E-state index in [0.717, 1.165) is 5.75 Å². The van der Waals surface area contributed by atoms with Crippen LogP contribution in [0.2, 0.25) is 5.02 Å². The number of hydrogen-bond donors (Lipinski definition) is 1. The molecule has 1 amide bonds. The van der Waals surface area contributed by atoms with Crippen LogP contribution in [-0.4, -0.2) is 25.2 Å². The molecule has 0 spiro atoms. The van der Waals surface area contributed by atoms with Gasteiger partial charge in [-0.15, -0.1) is 0 Å². The van der Waals surface area contributed by atoms with Crippen LogP contribution in [-0.2, 0) is 0 Å². The van der Waals surface area contributed by atoms with E-state index in [4.69, 9.17) is 21.1 Å². The van der Waals surface area contributed by atoms with Crippen LogP contribution in [0.5, 0.6) is 11.5 Å². The standard InChI is InChI=1S/C16H14ClNO3/c17-12-7-5-11(6-8-12)16(19)18-9-13-10-20-14-3-1-2-4-15(14)21-13/h1-8,13H,9-10H2,(H,18,19)/t13-/m0/s1. The summed E-state index contributed by atoms with van der Waals surface area (Å²) in [5.41, 5.74) is 0.566. The fraction of sp³-hybridized carbons (Fsp3) is 0.188. The molecule has 21 heavy (non-hydrogen) atoms. The molecule has 0 radical (unpaired) electrons. The van der Waals surface area contributed by atoms with Gasteiger partial charge in [-0.05, 0) is 36.4 Å². The summed E-state index contributed by atoms with van der Waals surface area (Å²) in [7, 11) is 0. The number of carbonyl (C=O) groups is 1. The molecule has 1 aliphatic heterocycles. The Labute approximate surface area is 127 Å². The summed E-state index contributed by atoms with van der Waals surface area (Å²) in [5.74, 6) is 1.28. The third-order valence-corrected chi connectivity index (χ3v) is 3.42. The zero-order valence-corrected chi connectivity index (χ0v) is 12.0. The number of halogens is 1. The minimum Gasteiger partial charge on any atom is -0.486 e. The Bertz CT molecular complexity index is 642. The van der Waals surface area contributed by atoms with E-state index in [2.05, 4.69) is 5.32 Å². The molecule has 108 valence electrons. The average molecular weight is 304 g/mol. The van der Waals surface area contributed by atoms with Gasteiger partial charge in [0.2, 0.25) is 0 Å². The molecule has 5 heteroatoms. The van der Waals surface area contributed by atoms with Gasteiger partial charge in [-0.3, -0.25) is 4.79 Å². The van der Waals surface area contributed by atoms with Gasteiger partial charge in [0.1, 0.15) is 12.7 Å². The van der Waals surface area contributed by atoms with E-state index < -0.39 is 0 Å². The Kier molecular flexibility index (Phi) is 3.97. The molecule has 2 aromatic rings. The zero-order chi connectivity index (χ0) is 14.7. The first kappa shape index (κ1) is 13.8. The average Bonchev–Trinajstić information content (AvgIpc) is 2.53. The van der Waals surface area contributed by atoms with Crippen molar-refractivity contribution < 1.29 is 14.3 Å². The molecule has 1 aliphatic rings. The Morgan fingerprint density at radius 3 is 2.62 bits per heavy atom. The molecule has 3 rings (SSSR count). The van der Waals surface area contributed by atoms with Crippen molar-refractivity contribution in [3.63, 3.8) is 0 Å². The molecule has 1 atom stereocenters. The van der Waals surface area contributed by atoms with Crippen molar-refractivity contribution in [2.75, 3.05) is 13.2 Å². The summed E-state index contributed by atoms with van der Waals surface area (Å²) < 4.78 is 11.4. The smallest absolute Gasteiger partial charge is 0.251 e. The van der Waals surface area contributed by atoms with Crippen LogP contribution >= 0.6 is 11.6 Å². The predicted molar refractivity (Wildman–Crippen MR) is 80.1 cm³/mol. The highest BCUT2D eigenvalue weighted by atomic mass is 35.5. The van der Waals surface area contributed by atoms with E-state index in [-0.39, 0.29) is 12.0 Å². The molecule has 1 heterocycles. The SMILES string of the molecule is O=C(NC[C@H]1COc2ccccc2O1)c1ccc(Cl)cc1. The summed E-state index contributed by atoms with van der Waals surface area (Å²) in [6.45, 7) is 0.799. The van der Waals surface area contributed by atoms with Gasteiger partial charge in [0.15, 0.2) is 11.5 Å². The quantitative estimate of drug-likeness (QED) is 0.948. The summed E-state index contributed by atoms with van der Waals surface area (Å²) in [6, 6.07) is 14.2. The molecule has 4 nitrogen and oxygen atoms in total. The third kappa shape index (κ3) is 3.28. The van der Waals surface area contributed by atoms with E-state index in [1.165, 1.54) is 0 Å². The minimum atomic E-state index is -0.198. The van der Waals surface area contributed by atoms with Crippen molar-refractivity contribution in [3.05, 3.63) is 59.1 Å². The number of para-hydroxylation sites is 2. The lowest BCUT2D eigenvalue weighted by atomic mass is 10.2. The number of nitrogens with one attached hydrogen (secondary N) is 1. The second-order valence-electron chi connectivity index (χ2n) is 4.71. The van der Waals surface area contributed by atoms with Crippen LogP contribution in [0.1, 0.15) is 10.4 Å². The number of benzene rings is 2. The topological polar surface area (TPSA) is 47.6 Å². The predicted octanol–water partition coefficient (Wildman–Crippen LogP) is 2.91. The monoisotopic (exact) mass is 303 g/mol. The highest BCUT2D eigenvalue weighted by Gasteiger charge is 2.21. The highest BCUT2D eigenvalue weighted by Crippen LogP contribution is 2.30. The largest absolute Gasteiger partial charge is 0.486 e. The number of hydrogen-bond acceptors (Lipinski definition) is 3. The molecule has 0 unspecified atom stereocenters. The van der Waals surface area contributed by atoms with E-state index in [1.54, 1.807) is 24.3 Å². The van der Waals surface area contributed by atoms with Crippen molar-refractivity contribution >= 4 is 17.5 Å². The molecule has 0 saturated heterocycles. The first-order valence-electron chi connectivity index (χ1n) is 6.64. The maximum atomic E-state index is 12.0. The van der Waals surface area contributed by atoms with E-state index in [0.29, 0.717) is 29.5 Å². The Hall–Kier alpha value is -2.20. The lowest BCUT2D eigenvalue weighted by Gasteiger charge is -2.26. The van der Waals surface area contributed by atoms with Crippen molar-refractivity contribution in [1.82, 2.24) is 5.32 Å². The van der Waals surface area contributed by atoms with Gasteiger partial charge in [-0.1, -0.05) is 23.7 Å². The maximum Gasteiger partial charge on any atom is 0.251 e. The summed E-state index contributed by atoms with van der Waals surface area (Å²) in [4.78, 5) is 12.0. The van der Waals surface area contributed by atoms with Crippen LogP contribution in [0.4, 0.5) is 0 Å². The van der Waals surface area contributed by atoms with Crippen molar-refractivity contribution in [3.8, 4) is 11.5 Å². The second-order valence-corrected chi connectivity index (χ2v) is 5.15. The molecule has 2 aromatic carbocycles. The normalized spacial score (nSPS) is 16.3. The Morgan fingerprint density at radius 1 is 1.14 bits per heavy atom. The van der Waals surface area contributed by atoms with Crippen LogP contribution in [0.25, 0.3) is 0 Å². The van der Waals surface area contributed by atoms with Crippen molar-refractivity contribution in [1.29, 1.82) is 0 Å². The molecule has 0 saturated carbocycles. The molecule has 0 aliphatic carbocycles. The first-order valence-corrected chi connectivity index (χ1v) is 7.02. The first-order chi connectivity index (χ1) is 10.2. The second kappa shape index (κ2) is 6.06. The van der Waals surface area contributed by atoms with E-state index >= 15 is 0 Å².